The SMILES string of the molecule is Brc1cc2c(c3ccccc13)N1B(c3ccccc3-2)c2ccccc2-c2cc(Br)c3ccccc3c21.[B]=NS.c1ccc2c(c1)B1c3ccccc3-c3ccc4ccccc4c3N1c1c-2ccc2ccccc12. The molecule has 4 aliphatic heterocycles. The van der Waals surface area contributed by atoms with Gasteiger partial charge in [-0.05, 0) is 77.8 Å². The molecule has 73 heavy (non-hydrogen) atoms. The van der Waals surface area contributed by atoms with Gasteiger partial charge in [0.2, 0.25) is 0 Å². The van der Waals surface area contributed by atoms with Crippen molar-refractivity contribution in [1.82, 2.24) is 0 Å². The van der Waals surface area contributed by atoms with E-state index in [0.717, 1.165) is 8.95 Å². The molecule has 1 radical (unpaired) electrons. The van der Waals surface area contributed by atoms with E-state index in [0.29, 0.717) is 0 Å². The van der Waals surface area contributed by atoms with E-state index >= 15 is 0 Å². The molecule has 0 fully saturated rings. The number of thiol groups is 1. The van der Waals surface area contributed by atoms with E-state index in [9.17, 15) is 0 Å². The van der Waals surface area contributed by atoms with E-state index in [4.69, 9.17) is 0 Å². The summed E-state index contributed by atoms with van der Waals surface area (Å²) in [7, 11) is 4.34. The van der Waals surface area contributed by atoms with Crippen LogP contribution in [0.25, 0.3) is 87.6 Å². The van der Waals surface area contributed by atoms with Gasteiger partial charge in [-0.15, -0.1) is 0 Å². The predicted octanol–water partition coefficient (Wildman–Crippen LogP) is 15.5. The molecule has 4 aliphatic rings. The summed E-state index contributed by atoms with van der Waals surface area (Å²) >= 11 is 11.0. The summed E-state index contributed by atoms with van der Waals surface area (Å²) in [5, 5.41) is 10.2. The van der Waals surface area contributed by atoms with Gasteiger partial charge in [-0.25, -0.2) is 0 Å². The second kappa shape index (κ2) is 17.7. The largest absolute Gasteiger partial charge is 0.375 e. The topological polar surface area (TPSA) is 18.8 Å². The Morgan fingerprint density at radius 2 is 0.589 bits per heavy atom. The summed E-state index contributed by atoms with van der Waals surface area (Å²) in [4.78, 5) is 5.26. The van der Waals surface area contributed by atoms with Crippen molar-refractivity contribution in [2.45, 2.75) is 0 Å². The molecule has 12 aromatic carbocycles. The average molecular weight is 1070 g/mol. The Bertz CT molecular complexity index is 4030. The van der Waals surface area contributed by atoms with Crippen molar-refractivity contribution in [3.8, 4) is 44.5 Å². The van der Waals surface area contributed by atoms with Crippen LogP contribution in [0.1, 0.15) is 0 Å². The van der Waals surface area contributed by atoms with Crippen LogP contribution in [0.5, 0.6) is 0 Å². The quantitative estimate of drug-likeness (QED) is 0.121. The molecule has 9 heteroatoms. The fraction of sp³-hybridized carbons (Fsp3) is 0. The zero-order valence-corrected chi connectivity index (χ0v) is 43.3. The van der Waals surface area contributed by atoms with Crippen molar-refractivity contribution < 1.29 is 0 Å². The molecule has 339 valence electrons. The minimum Gasteiger partial charge on any atom is -0.375 e. The molecular formula is C64H39B3Br2N3S. The summed E-state index contributed by atoms with van der Waals surface area (Å²) in [5.41, 5.74) is 21.1. The molecule has 0 aromatic heterocycles. The van der Waals surface area contributed by atoms with Gasteiger partial charge in [0.1, 0.15) is 0 Å². The van der Waals surface area contributed by atoms with E-state index in [2.05, 4.69) is 297 Å². The van der Waals surface area contributed by atoms with Gasteiger partial charge in [-0.3, -0.25) is 0 Å². The molecule has 0 bridgehead atoms. The standard InChI is InChI=1S/C32H18BBr2N.C32H20BN.BHNS/c34-29-17-25-19-9-5-7-15-27(19)33-28-16-8-6-10-20(28)26-18-30(35)22-12-2-4-14-24(22)32(26)36(33)31(25)23-13-3-1-11-21(23)29;1-3-11-23-21(9-1)17-19-27-25-13-5-7-15-29(25)33-30-16-8-6-14-26(30)28-20-18-22-10-2-4-12-24(22)32(28)34(33)31(23)27;1-2-3/h1-18H;1-20H;3H. The maximum Gasteiger partial charge on any atom is 0.329 e. The smallest absolute Gasteiger partial charge is 0.329 e. The average Bonchev–Trinajstić information content (AvgIpc) is 3.45. The fourth-order valence-corrected chi connectivity index (χ4v) is 13.7. The van der Waals surface area contributed by atoms with E-state index < -0.39 is 0 Å². The first-order valence-corrected chi connectivity index (χ1v) is 26.5. The van der Waals surface area contributed by atoms with Crippen LogP contribution >= 0.6 is 44.7 Å². The van der Waals surface area contributed by atoms with Gasteiger partial charge in [0.25, 0.3) is 0 Å². The minimum atomic E-state index is 0.0894. The second-order valence-corrected chi connectivity index (χ2v) is 20.9. The van der Waals surface area contributed by atoms with Crippen LogP contribution in [0.4, 0.5) is 22.7 Å². The third-order valence-electron chi connectivity index (χ3n) is 15.4. The van der Waals surface area contributed by atoms with Crippen molar-refractivity contribution >= 4 is 154 Å². The first kappa shape index (κ1) is 44.3. The van der Waals surface area contributed by atoms with Gasteiger partial charge in [0.15, 0.2) is 0 Å². The Morgan fingerprint density at radius 3 is 0.959 bits per heavy atom. The molecule has 12 aromatic rings. The molecule has 16 rings (SSSR count). The monoisotopic (exact) mass is 1070 g/mol. The summed E-state index contributed by atoms with van der Waals surface area (Å²) in [6, 6.07) is 84.8. The Balaban J connectivity index is 0.000000129. The van der Waals surface area contributed by atoms with Gasteiger partial charge in [-0.1, -0.05) is 250 Å². The third-order valence-corrected chi connectivity index (χ3v) is 16.7. The molecule has 0 saturated heterocycles. The predicted molar refractivity (Wildman–Crippen MR) is 324 cm³/mol. The Morgan fingerprint density at radius 1 is 0.315 bits per heavy atom. The molecule has 0 aliphatic carbocycles. The van der Waals surface area contributed by atoms with Crippen molar-refractivity contribution in [2.75, 3.05) is 9.62 Å². The zero-order chi connectivity index (χ0) is 48.9. The normalized spacial score (nSPS) is 12.8. The van der Waals surface area contributed by atoms with Gasteiger partial charge < -0.3 is 9.62 Å². The van der Waals surface area contributed by atoms with Crippen LogP contribution < -0.4 is 31.5 Å². The van der Waals surface area contributed by atoms with E-state index in [-0.39, 0.29) is 13.7 Å². The third kappa shape index (κ3) is 6.68. The maximum atomic E-state index is 4.34. The van der Waals surface area contributed by atoms with Crippen LogP contribution in [0.15, 0.2) is 244 Å². The number of fused-ring (bicyclic) bond motifs is 30. The number of rotatable bonds is 0. The summed E-state index contributed by atoms with van der Waals surface area (Å²) in [5.74, 6) is 0. The minimum absolute atomic E-state index is 0.0894. The van der Waals surface area contributed by atoms with E-state index in [1.54, 1.807) is 0 Å². The molecule has 0 unspecified atom stereocenters. The Hall–Kier alpha value is -7.42. The molecule has 0 amide bonds. The van der Waals surface area contributed by atoms with Crippen LogP contribution in [0.2, 0.25) is 0 Å². The number of hydrogen-bond acceptors (Lipinski definition) is 4. The van der Waals surface area contributed by atoms with Gasteiger partial charge in [0, 0.05) is 75.5 Å². The van der Waals surface area contributed by atoms with Gasteiger partial charge in [0.05, 0.1) is 0 Å². The van der Waals surface area contributed by atoms with E-state index in [1.807, 2.05) is 0 Å². The number of anilines is 4. The van der Waals surface area contributed by atoms with Crippen molar-refractivity contribution in [1.29, 1.82) is 0 Å². The van der Waals surface area contributed by atoms with Crippen LogP contribution in [-0.2, 0) is 0 Å². The van der Waals surface area contributed by atoms with Gasteiger partial charge in [-0.2, -0.15) is 0 Å². The molecular weight excluding hydrogens is 1040 g/mol. The van der Waals surface area contributed by atoms with Crippen molar-refractivity contribution in [3.05, 3.63) is 239 Å². The van der Waals surface area contributed by atoms with Crippen molar-refractivity contribution in [2.24, 2.45) is 4.30 Å². The van der Waals surface area contributed by atoms with Crippen LogP contribution in [-0.4, -0.2) is 21.3 Å². The number of hydrogen-bond donors (Lipinski definition) is 1. The van der Waals surface area contributed by atoms with Crippen molar-refractivity contribution in [3.63, 3.8) is 0 Å². The molecule has 3 nitrogen and oxygen atoms in total. The first-order valence-electron chi connectivity index (χ1n) is 24.5. The van der Waals surface area contributed by atoms with E-state index in [1.165, 1.54) is 132 Å². The summed E-state index contributed by atoms with van der Waals surface area (Å²) in [6.07, 6.45) is 0. The Kier molecular flexibility index (Phi) is 10.7. The Labute approximate surface area is 448 Å². The number of benzene rings is 12. The van der Waals surface area contributed by atoms with Crippen LogP contribution in [0, 0.1) is 0 Å². The molecule has 4 heterocycles. The number of nitrogens with zero attached hydrogens (tertiary/aromatic N) is 3. The number of halogens is 2. The second-order valence-electron chi connectivity index (χ2n) is 19.0. The first-order chi connectivity index (χ1) is 36.0. The molecule has 0 saturated carbocycles. The molecule has 0 spiro atoms. The fourth-order valence-electron chi connectivity index (χ4n) is 12.6. The van der Waals surface area contributed by atoms with Crippen LogP contribution in [0.3, 0.4) is 0 Å². The van der Waals surface area contributed by atoms with Gasteiger partial charge >= 0.3 is 38.4 Å². The summed E-state index contributed by atoms with van der Waals surface area (Å²) in [6.45, 7) is 0.218. The molecule has 0 N–H and O–H groups in total. The maximum absolute atomic E-state index is 4.34. The molecule has 0 atom stereocenters. The summed E-state index contributed by atoms with van der Waals surface area (Å²) < 4.78 is 4.95. The zero-order valence-electron chi connectivity index (χ0n) is 39.2.